The highest BCUT2D eigenvalue weighted by Crippen LogP contribution is 2.14. The standard InChI is InChI=1S/C9H11N3O5S/c1-9(2,7(15)16)17-12-5(6(13)14)4-3-18-8(10)11-4/h3H,1-2H3,(H2,10,11)(H,13,14)(H,15,16)/b12-5-. The molecule has 0 amide bonds. The molecule has 4 N–H and O–H groups in total. The highest BCUT2D eigenvalue weighted by molar-refractivity contribution is 7.13. The second-order valence-electron chi connectivity index (χ2n) is 3.72. The zero-order chi connectivity index (χ0) is 13.9. The highest BCUT2D eigenvalue weighted by Gasteiger charge is 2.30. The summed E-state index contributed by atoms with van der Waals surface area (Å²) in [5.41, 5.74) is 3.25. The first-order valence-electron chi connectivity index (χ1n) is 4.68. The van der Waals surface area contributed by atoms with Crippen LogP contribution in [0.15, 0.2) is 10.5 Å². The van der Waals surface area contributed by atoms with Crippen molar-refractivity contribution in [1.82, 2.24) is 4.98 Å². The van der Waals surface area contributed by atoms with Crippen LogP contribution in [0.2, 0.25) is 0 Å². The van der Waals surface area contributed by atoms with Gasteiger partial charge in [0, 0.05) is 5.38 Å². The van der Waals surface area contributed by atoms with Crippen LogP contribution in [0.5, 0.6) is 0 Å². The molecular formula is C9H11N3O5S. The van der Waals surface area contributed by atoms with Gasteiger partial charge in [0.05, 0.1) is 0 Å². The molecule has 0 aliphatic rings. The summed E-state index contributed by atoms with van der Waals surface area (Å²) in [6.45, 7) is 2.49. The normalized spacial score (nSPS) is 12.2. The number of aromatic nitrogens is 1. The maximum absolute atomic E-state index is 11.0. The van der Waals surface area contributed by atoms with Crippen LogP contribution in [0, 0.1) is 0 Å². The second-order valence-corrected chi connectivity index (χ2v) is 4.61. The van der Waals surface area contributed by atoms with E-state index in [1.54, 1.807) is 0 Å². The number of hydrogen-bond donors (Lipinski definition) is 3. The van der Waals surface area contributed by atoms with Crippen molar-refractivity contribution in [2.24, 2.45) is 5.16 Å². The third kappa shape index (κ3) is 3.17. The number of rotatable bonds is 5. The van der Waals surface area contributed by atoms with Crippen molar-refractivity contribution in [1.29, 1.82) is 0 Å². The number of anilines is 1. The number of nitrogen functional groups attached to an aromatic ring is 1. The van der Waals surface area contributed by atoms with E-state index >= 15 is 0 Å². The summed E-state index contributed by atoms with van der Waals surface area (Å²) in [4.78, 5) is 30.2. The molecule has 18 heavy (non-hydrogen) atoms. The van der Waals surface area contributed by atoms with Gasteiger partial charge in [0.1, 0.15) is 5.69 Å². The van der Waals surface area contributed by atoms with Gasteiger partial charge >= 0.3 is 11.9 Å². The Labute approximate surface area is 106 Å². The number of nitrogens with two attached hydrogens (primary N) is 1. The van der Waals surface area contributed by atoms with Crippen molar-refractivity contribution in [3.63, 3.8) is 0 Å². The van der Waals surface area contributed by atoms with E-state index in [0.717, 1.165) is 11.3 Å². The Kier molecular flexibility index (Phi) is 3.86. The van der Waals surface area contributed by atoms with Crippen LogP contribution in [-0.4, -0.2) is 38.4 Å². The van der Waals surface area contributed by atoms with Crippen molar-refractivity contribution in [3.05, 3.63) is 11.1 Å². The first kappa shape index (κ1) is 13.9. The van der Waals surface area contributed by atoms with Crippen molar-refractivity contribution in [3.8, 4) is 0 Å². The van der Waals surface area contributed by atoms with Gasteiger partial charge in [-0.1, -0.05) is 5.16 Å². The summed E-state index contributed by atoms with van der Waals surface area (Å²) in [7, 11) is 0. The predicted octanol–water partition coefficient (Wildman–Crippen LogP) is 0.394. The van der Waals surface area contributed by atoms with E-state index in [1.165, 1.54) is 19.2 Å². The number of thiazole rings is 1. The molecule has 1 aromatic heterocycles. The minimum atomic E-state index is -1.64. The first-order valence-corrected chi connectivity index (χ1v) is 5.56. The van der Waals surface area contributed by atoms with E-state index in [9.17, 15) is 9.59 Å². The molecule has 0 aromatic carbocycles. The quantitative estimate of drug-likeness (QED) is 0.521. The third-order valence-electron chi connectivity index (χ3n) is 1.85. The van der Waals surface area contributed by atoms with E-state index in [0.29, 0.717) is 0 Å². The molecule has 0 bridgehead atoms. The molecule has 1 aromatic rings. The van der Waals surface area contributed by atoms with Gasteiger partial charge in [-0.3, -0.25) is 0 Å². The maximum atomic E-state index is 11.0. The lowest BCUT2D eigenvalue weighted by atomic mass is 10.1. The molecule has 1 heterocycles. The molecule has 0 aliphatic carbocycles. The van der Waals surface area contributed by atoms with Crippen LogP contribution < -0.4 is 5.73 Å². The topological polar surface area (TPSA) is 135 Å². The Morgan fingerprint density at radius 3 is 2.50 bits per heavy atom. The molecule has 0 saturated carbocycles. The number of oxime groups is 1. The Morgan fingerprint density at radius 1 is 1.50 bits per heavy atom. The fourth-order valence-electron chi connectivity index (χ4n) is 0.791. The number of nitrogens with zero attached hydrogens (tertiary/aromatic N) is 2. The Hall–Kier alpha value is -2.16. The molecule has 0 aliphatic heterocycles. The number of carboxylic acids is 2. The summed E-state index contributed by atoms with van der Waals surface area (Å²) in [5, 5.41) is 22.6. The van der Waals surface area contributed by atoms with Gasteiger partial charge < -0.3 is 20.8 Å². The summed E-state index contributed by atoms with van der Waals surface area (Å²) in [6, 6.07) is 0. The number of carboxylic acid groups (broad SMARTS) is 2. The first-order chi connectivity index (χ1) is 8.24. The lowest BCUT2D eigenvalue weighted by Gasteiger charge is -2.16. The van der Waals surface area contributed by atoms with Gasteiger partial charge in [-0.25, -0.2) is 14.6 Å². The van der Waals surface area contributed by atoms with Crippen molar-refractivity contribution in [2.75, 3.05) is 5.73 Å². The molecule has 0 atom stereocenters. The van der Waals surface area contributed by atoms with Crippen LogP contribution in [0.1, 0.15) is 19.5 Å². The lowest BCUT2D eigenvalue weighted by molar-refractivity contribution is -0.161. The van der Waals surface area contributed by atoms with E-state index in [2.05, 4.69) is 10.1 Å². The highest BCUT2D eigenvalue weighted by atomic mass is 32.1. The van der Waals surface area contributed by atoms with Crippen molar-refractivity contribution >= 4 is 34.1 Å². The maximum Gasteiger partial charge on any atom is 0.360 e. The van der Waals surface area contributed by atoms with Gasteiger partial charge in [-0.05, 0) is 13.8 Å². The largest absolute Gasteiger partial charge is 0.478 e. The van der Waals surface area contributed by atoms with Crippen molar-refractivity contribution < 1.29 is 24.6 Å². The van der Waals surface area contributed by atoms with Crippen LogP contribution in [0.25, 0.3) is 0 Å². The lowest BCUT2D eigenvalue weighted by Crippen LogP contribution is -2.33. The average molecular weight is 273 g/mol. The third-order valence-corrected chi connectivity index (χ3v) is 2.52. The molecule has 0 radical (unpaired) electrons. The zero-order valence-corrected chi connectivity index (χ0v) is 10.4. The molecule has 9 heteroatoms. The number of aliphatic carboxylic acids is 2. The van der Waals surface area contributed by atoms with Gasteiger partial charge in [0.2, 0.25) is 11.3 Å². The minimum absolute atomic E-state index is 0.0196. The monoisotopic (exact) mass is 273 g/mol. The molecule has 0 fully saturated rings. The van der Waals surface area contributed by atoms with E-state index in [4.69, 9.17) is 20.8 Å². The fraction of sp³-hybridized carbons (Fsp3) is 0.333. The van der Waals surface area contributed by atoms with Crippen LogP contribution >= 0.6 is 11.3 Å². The zero-order valence-electron chi connectivity index (χ0n) is 9.58. The predicted molar refractivity (Wildman–Crippen MR) is 63.5 cm³/mol. The molecule has 0 unspecified atom stereocenters. The molecule has 0 spiro atoms. The molecular weight excluding hydrogens is 262 g/mol. The summed E-state index contributed by atoms with van der Waals surface area (Å²) >= 11 is 1.04. The van der Waals surface area contributed by atoms with Crippen LogP contribution in [0.3, 0.4) is 0 Å². The van der Waals surface area contributed by atoms with Gasteiger partial charge in [0.25, 0.3) is 0 Å². The average Bonchev–Trinajstić information content (AvgIpc) is 2.64. The fourth-order valence-corrected chi connectivity index (χ4v) is 1.34. The van der Waals surface area contributed by atoms with Crippen molar-refractivity contribution in [2.45, 2.75) is 19.4 Å². The van der Waals surface area contributed by atoms with Gasteiger partial charge in [0.15, 0.2) is 5.13 Å². The van der Waals surface area contributed by atoms with Gasteiger partial charge in [-0.15, -0.1) is 11.3 Å². The molecule has 0 saturated heterocycles. The summed E-state index contributed by atoms with van der Waals surface area (Å²) in [6.07, 6.45) is 0. The van der Waals surface area contributed by atoms with E-state index in [1.807, 2.05) is 0 Å². The van der Waals surface area contributed by atoms with E-state index < -0.39 is 23.3 Å². The van der Waals surface area contributed by atoms with E-state index in [-0.39, 0.29) is 10.8 Å². The van der Waals surface area contributed by atoms with Crippen LogP contribution in [-0.2, 0) is 14.4 Å². The Balaban J connectivity index is 3.01. The molecule has 98 valence electrons. The Morgan fingerprint density at radius 2 is 2.11 bits per heavy atom. The molecule has 8 nitrogen and oxygen atoms in total. The number of carbonyl (C=O) groups is 2. The molecule has 1 rings (SSSR count). The smallest absolute Gasteiger partial charge is 0.360 e. The van der Waals surface area contributed by atoms with Crippen LogP contribution in [0.4, 0.5) is 5.13 Å². The summed E-state index contributed by atoms with van der Waals surface area (Å²) < 4.78 is 0. The van der Waals surface area contributed by atoms with Gasteiger partial charge in [-0.2, -0.15) is 0 Å². The summed E-state index contributed by atoms with van der Waals surface area (Å²) in [5.74, 6) is -2.66. The number of hydrogen-bond acceptors (Lipinski definition) is 7. The second kappa shape index (κ2) is 5.00. The SMILES string of the molecule is CC(C)(O/N=C(\C(=O)O)c1csc(N)n1)C(=O)O. The minimum Gasteiger partial charge on any atom is -0.478 e. The Bertz CT molecular complexity index is 508.